The Kier molecular flexibility index (Phi) is 7.16. The van der Waals surface area contributed by atoms with E-state index in [1.807, 2.05) is 0 Å². The highest BCUT2D eigenvalue weighted by Gasteiger charge is 2.27. The molecule has 1 aliphatic heterocycles. The van der Waals surface area contributed by atoms with Crippen molar-refractivity contribution in [1.29, 1.82) is 0 Å². The minimum atomic E-state index is -3.78. The average molecular weight is 469 g/mol. The predicted octanol–water partition coefficient (Wildman–Crippen LogP) is 2.17. The summed E-state index contributed by atoms with van der Waals surface area (Å²) in [4.78, 5) is 24.3. The maximum absolute atomic E-state index is 12.8. The van der Waals surface area contributed by atoms with E-state index in [4.69, 9.17) is 21.1 Å². The number of carbonyl (C=O) groups is 2. The molecule has 166 valence electrons. The number of esters is 1. The van der Waals surface area contributed by atoms with E-state index in [0.717, 1.165) is 0 Å². The minimum Gasteiger partial charge on any atom is -0.507 e. The van der Waals surface area contributed by atoms with Crippen molar-refractivity contribution in [2.75, 3.05) is 38.2 Å². The Morgan fingerprint density at radius 3 is 2.65 bits per heavy atom. The van der Waals surface area contributed by atoms with Crippen molar-refractivity contribution in [2.24, 2.45) is 0 Å². The molecule has 1 aliphatic rings. The van der Waals surface area contributed by atoms with Gasteiger partial charge in [-0.2, -0.15) is 4.31 Å². The fourth-order valence-corrected chi connectivity index (χ4v) is 4.51. The molecule has 2 aromatic carbocycles. The van der Waals surface area contributed by atoms with E-state index >= 15 is 0 Å². The lowest BCUT2D eigenvalue weighted by atomic mass is 10.1. The predicted molar refractivity (Wildman–Crippen MR) is 113 cm³/mol. The van der Waals surface area contributed by atoms with E-state index in [-0.39, 0.29) is 40.0 Å². The first-order valence-electron chi connectivity index (χ1n) is 9.33. The van der Waals surface area contributed by atoms with Crippen molar-refractivity contribution in [3.05, 3.63) is 52.5 Å². The SMILES string of the molecule is Cc1cccc(C(=O)OCC(=O)Nc2cc(S(=O)(=O)N3CCOCC3)ccc2Cl)c1O. The second-order valence-electron chi connectivity index (χ2n) is 6.75. The molecule has 9 nitrogen and oxygen atoms in total. The molecule has 2 N–H and O–H groups in total. The molecule has 1 fully saturated rings. The van der Waals surface area contributed by atoms with Crippen LogP contribution in [0.3, 0.4) is 0 Å². The van der Waals surface area contributed by atoms with E-state index in [2.05, 4.69) is 5.32 Å². The van der Waals surface area contributed by atoms with Crippen LogP contribution in [0.5, 0.6) is 5.75 Å². The zero-order valence-electron chi connectivity index (χ0n) is 16.6. The van der Waals surface area contributed by atoms with E-state index in [1.165, 1.54) is 28.6 Å². The molecule has 31 heavy (non-hydrogen) atoms. The van der Waals surface area contributed by atoms with Gasteiger partial charge >= 0.3 is 5.97 Å². The van der Waals surface area contributed by atoms with Gasteiger partial charge in [0.05, 0.1) is 28.8 Å². The van der Waals surface area contributed by atoms with Gasteiger partial charge in [0.25, 0.3) is 5.91 Å². The zero-order chi connectivity index (χ0) is 22.6. The number of hydrogen-bond donors (Lipinski definition) is 2. The fraction of sp³-hybridized carbons (Fsp3) is 0.300. The van der Waals surface area contributed by atoms with E-state index < -0.39 is 28.5 Å². The van der Waals surface area contributed by atoms with Crippen LogP contribution in [0.4, 0.5) is 5.69 Å². The van der Waals surface area contributed by atoms with Gasteiger partial charge in [0, 0.05) is 13.1 Å². The number of rotatable bonds is 6. The summed E-state index contributed by atoms with van der Waals surface area (Å²) in [6.45, 7) is 2.04. The number of phenolic OH excluding ortho intramolecular Hbond substituents is 1. The third-order valence-corrected chi connectivity index (χ3v) is 6.84. The lowest BCUT2D eigenvalue weighted by Crippen LogP contribution is -2.40. The zero-order valence-corrected chi connectivity index (χ0v) is 18.2. The molecular weight excluding hydrogens is 448 g/mol. The van der Waals surface area contributed by atoms with Crippen molar-refractivity contribution >= 4 is 39.2 Å². The van der Waals surface area contributed by atoms with E-state index in [0.29, 0.717) is 18.8 Å². The fourth-order valence-electron chi connectivity index (χ4n) is 2.92. The lowest BCUT2D eigenvalue weighted by molar-refractivity contribution is -0.119. The molecule has 11 heteroatoms. The highest BCUT2D eigenvalue weighted by Crippen LogP contribution is 2.27. The van der Waals surface area contributed by atoms with Crippen molar-refractivity contribution in [2.45, 2.75) is 11.8 Å². The summed E-state index contributed by atoms with van der Waals surface area (Å²) in [6, 6.07) is 8.54. The van der Waals surface area contributed by atoms with E-state index in [1.54, 1.807) is 19.1 Å². The number of anilines is 1. The standard InChI is InChI=1S/C20H21ClN2O7S/c1-13-3-2-4-15(19(13)25)20(26)30-12-18(24)22-17-11-14(5-6-16(17)21)31(27,28)23-7-9-29-10-8-23/h2-6,11,25H,7-10,12H2,1H3,(H,22,24). The normalized spacial score (nSPS) is 14.8. The minimum absolute atomic E-state index is 0.0317. The number of sulfonamides is 1. The second-order valence-corrected chi connectivity index (χ2v) is 9.10. The number of aryl methyl sites for hydroxylation is 1. The molecule has 0 atom stereocenters. The quantitative estimate of drug-likeness (QED) is 0.623. The number of amides is 1. The van der Waals surface area contributed by atoms with Crippen LogP contribution in [0.15, 0.2) is 41.3 Å². The highest BCUT2D eigenvalue weighted by molar-refractivity contribution is 7.89. The first-order valence-corrected chi connectivity index (χ1v) is 11.1. The largest absolute Gasteiger partial charge is 0.507 e. The first-order chi connectivity index (χ1) is 14.7. The molecule has 2 aromatic rings. The number of halogens is 1. The molecule has 0 spiro atoms. The van der Waals surface area contributed by atoms with Crippen LogP contribution in [-0.2, 0) is 24.3 Å². The average Bonchev–Trinajstić information content (AvgIpc) is 2.76. The van der Waals surface area contributed by atoms with Crippen LogP contribution in [0.25, 0.3) is 0 Å². The van der Waals surface area contributed by atoms with Crippen LogP contribution in [-0.4, -0.2) is 62.6 Å². The van der Waals surface area contributed by atoms with Gasteiger partial charge in [-0.25, -0.2) is 13.2 Å². The smallest absolute Gasteiger partial charge is 0.342 e. The van der Waals surface area contributed by atoms with Gasteiger partial charge < -0.3 is 19.9 Å². The second kappa shape index (κ2) is 9.65. The van der Waals surface area contributed by atoms with Gasteiger partial charge in [-0.15, -0.1) is 0 Å². The Bertz CT molecular complexity index is 1100. The molecule has 0 bridgehead atoms. The van der Waals surface area contributed by atoms with Crippen LogP contribution >= 0.6 is 11.6 Å². The van der Waals surface area contributed by atoms with Crippen molar-refractivity contribution in [3.8, 4) is 5.75 Å². The Balaban J connectivity index is 1.68. The number of aromatic hydroxyl groups is 1. The molecule has 0 radical (unpaired) electrons. The molecule has 0 aliphatic carbocycles. The molecule has 1 amide bonds. The summed E-state index contributed by atoms with van der Waals surface area (Å²) < 4.78 is 37.0. The number of hydrogen-bond acceptors (Lipinski definition) is 7. The summed E-state index contributed by atoms with van der Waals surface area (Å²) in [5, 5.41) is 12.5. The Hall–Kier alpha value is -2.66. The topological polar surface area (TPSA) is 122 Å². The van der Waals surface area contributed by atoms with Crippen molar-refractivity contribution in [1.82, 2.24) is 4.31 Å². The van der Waals surface area contributed by atoms with Gasteiger partial charge in [0.1, 0.15) is 11.3 Å². The van der Waals surface area contributed by atoms with Crippen molar-refractivity contribution in [3.63, 3.8) is 0 Å². The van der Waals surface area contributed by atoms with Gasteiger partial charge in [0.2, 0.25) is 10.0 Å². The maximum atomic E-state index is 12.8. The monoisotopic (exact) mass is 468 g/mol. The van der Waals surface area contributed by atoms with Gasteiger partial charge in [-0.1, -0.05) is 23.7 Å². The molecule has 0 unspecified atom stereocenters. The van der Waals surface area contributed by atoms with Crippen LogP contribution in [0.1, 0.15) is 15.9 Å². The Labute approximate surface area is 184 Å². The summed E-state index contributed by atoms with van der Waals surface area (Å²) in [5.41, 5.74) is 0.490. The summed E-state index contributed by atoms with van der Waals surface area (Å²) in [6.07, 6.45) is 0. The number of benzene rings is 2. The van der Waals surface area contributed by atoms with Crippen LogP contribution in [0, 0.1) is 6.92 Å². The van der Waals surface area contributed by atoms with E-state index in [9.17, 15) is 23.1 Å². The van der Waals surface area contributed by atoms with Crippen molar-refractivity contribution < 1.29 is 32.6 Å². The molecular formula is C20H21ClN2O7S. The number of carbonyl (C=O) groups excluding carboxylic acids is 2. The summed E-state index contributed by atoms with van der Waals surface area (Å²) in [7, 11) is -3.78. The summed E-state index contributed by atoms with van der Waals surface area (Å²) in [5.74, 6) is -1.81. The molecule has 1 heterocycles. The van der Waals surface area contributed by atoms with Crippen LogP contribution in [0.2, 0.25) is 5.02 Å². The number of phenols is 1. The first kappa shape index (κ1) is 23.0. The maximum Gasteiger partial charge on any atom is 0.342 e. The van der Waals surface area contributed by atoms with Gasteiger partial charge in [-0.05, 0) is 36.8 Å². The molecule has 3 rings (SSSR count). The Morgan fingerprint density at radius 2 is 1.94 bits per heavy atom. The number of morpholine rings is 1. The molecule has 0 aromatic heterocycles. The van der Waals surface area contributed by atoms with Gasteiger partial charge in [0.15, 0.2) is 6.61 Å². The van der Waals surface area contributed by atoms with Crippen LogP contribution < -0.4 is 5.32 Å². The summed E-state index contributed by atoms with van der Waals surface area (Å²) >= 11 is 6.09. The number of nitrogens with one attached hydrogen (secondary N) is 1. The third kappa shape index (κ3) is 5.34. The highest BCUT2D eigenvalue weighted by atomic mass is 35.5. The third-order valence-electron chi connectivity index (χ3n) is 4.61. The van der Waals surface area contributed by atoms with Gasteiger partial charge in [-0.3, -0.25) is 4.79 Å². The number of para-hydroxylation sites is 1. The molecule has 1 saturated heterocycles. The number of ether oxygens (including phenoxy) is 2. The number of nitrogens with zero attached hydrogens (tertiary/aromatic N) is 1. The molecule has 0 saturated carbocycles. The Morgan fingerprint density at radius 1 is 1.23 bits per heavy atom. The lowest BCUT2D eigenvalue weighted by Gasteiger charge is -2.26.